The predicted molar refractivity (Wildman–Crippen MR) is 66.7 cm³/mol. The second-order valence-electron chi connectivity index (χ2n) is 6.32. The summed E-state index contributed by atoms with van der Waals surface area (Å²) in [7, 11) is 0. The zero-order valence-electron chi connectivity index (χ0n) is 11.2. The Morgan fingerprint density at radius 1 is 1.47 bits per heavy atom. The third-order valence-corrected chi connectivity index (χ3v) is 4.13. The molecule has 1 amide bonds. The molecular weight excluding hydrogens is 216 g/mol. The van der Waals surface area contributed by atoms with Gasteiger partial charge in [0.2, 0.25) is 0 Å². The number of fused-ring (bicyclic) bond motifs is 1. The van der Waals surface area contributed by atoms with Crippen molar-refractivity contribution in [2.45, 2.75) is 57.6 Å². The molecule has 2 N–H and O–H groups in total. The highest BCUT2D eigenvalue weighted by Crippen LogP contribution is 2.46. The Kier molecular flexibility index (Phi) is 3.10. The number of carbonyl (C=O) groups excluding carboxylic acids is 1. The van der Waals surface area contributed by atoms with E-state index in [4.69, 9.17) is 10.5 Å². The molecule has 0 spiro atoms. The molecule has 1 saturated carbocycles. The second-order valence-corrected chi connectivity index (χ2v) is 6.32. The third-order valence-electron chi connectivity index (χ3n) is 4.13. The lowest BCUT2D eigenvalue weighted by molar-refractivity contribution is 0.00654. The van der Waals surface area contributed by atoms with E-state index in [9.17, 15) is 4.79 Å². The van der Waals surface area contributed by atoms with E-state index in [1.54, 1.807) is 0 Å². The molecule has 98 valence electrons. The normalized spacial score (nSPS) is 32.7. The number of rotatable bonds is 1. The van der Waals surface area contributed by atoms with Crippen molar-refractivity contribution in [1.29, 1.82) is 0 Å². The fourth-order valence-corrected chi connectivity index (χ4v) is 3.37. The highest BCUT2D eigenvalue weighted by Gasteiger charge is 2.53. The molecule has 2 rings (SSSR count). The summed E-state index contributed by atoms with van der Waals surface area (Å²) in [5.41, 5.74) is 5.42. The average molecular weight is 240 g/mol. The molecule has 1 heterocycles. The first-order valence-electron chi connectivity index (χ1n) is 6.60. The monoisotopic (exact) mass is 240 g/mol. The van der Waals surface area contributed by atoms with Gasteiger partial charge >= 0.3 is 6.09 Å². The van der Waals surface area contributed by atoms with Gasteiger partial charge in [0.05, 0.1) is 5.54 Å². The van der Waals surface area contributed by atoms with Crippen LogP contribution in [0.3, 0.4) is 0 Å². The first-order valence-corrected chi connectivity index (χ1v) is 6.60. The summed E-state index contributed by atoms with van der Waals surface area (Å²) in [5.74, 6) is 0.583. The van der Waals surface area contributed by atoms with E-state index in [0.717, 1.165) is 19.4 Å². The van der Waals surface area contributed by atoms with E-state index in [0.29, 0.717) is 12.5 Å². The van der Waals surface area contributed by atoms with E-state index < -0.39 is 5.60 Å². The van der Waals surface area contributed by atoms with E-state index in [2.05, 4.69) is 0 Å². The molecule has 1 aliphatic carbocycles. The number of likely N-dealkylation sites (tertiary alicyclic amines) is 1. The number of ether oxygens (including phenoxy) is 1. The fraction of sp³-hybridized carbons (Fsp3) is 0.923. The molecular formula is C13H24N2O2. The van der Waals surface area contributed by atoms with E-state index >= 15 is 0 Å². The molecule has 0 radical (unpaired) electrons. The Morgan fingerprint density at radius 3 is 2.76 bits per heavy atom. The van der Waals surface area contributed by atoms with Crippen LogP contribution in [0.25, 0.3) is 0 Å². The highest BCUT2D eigenvalue weighted by molar-refractivity contribution is 5.70. The van der Waals surface area contributed by atoms with Gasteiger partial charge in [-0.1, -0.05) is 6.42 Å². The van der Waals surface area contributed by atoms with Gasteiger partial charge in [0, 0.05) is 13.1 Å². The van der Waals surface area contributed by atoms with Crippen LogP contribution in [-0.2, 0) is 4.74 Å². The third kappa shape index (κ3) is 2.15. The van der Waals surface area contributed by atoms with Crippen molar-refractivity contribution in [1.82, 2.24) is 4.90 Å². The summed E-state index contributed by atoms with van der Waals surface area (Å²) in [6, 6.07) is 0. The van der Waals surface area contributed by atoms with Gasteiger partial charge in [0.1, 0.15) is 5.60 Å². The maximum Gasteiger partial charge on any atom is 0.410 e. The number of nitrogens with two attached hydrogens (primary N) is 1. The second kappa shape index (κ2) is 4.16. The van der Waals surface area contributed by atoms with Gasteiger partial charge in [0.15, 0.2) is 0 Å². The van der Waals surface area contributed by atoms with Crippen LogP contribution >= 0.6 is 0 Å². The van der Waals surface area contributed by atoms with Gasteiger partial charge in [0.25, 0.3) is 0 Å². The van der Waals surface area contributed by atoms with Crippen LogP contribution in [0.4, 0.5) is 4.79 Å². The van der Waals surface area contributed by atoms with Gasteiger partial charge in [-0.3, -0.25) is 0 Å². The Morgan fingerprint density at radius 2 is 2.18 bits per heavy atom. The number of hydrogen-bond donors (Lipinski definition) is 1. The Bertz CT molecular complexity index is 311. The standard InChI is InChI=1S/C13H24N2O2/c1-12(2,3)17-11(16)15-8-6-10-5-4-7-13(10,15)9-14/h10H,4-9,14H2,1-3H3. The summed E-state index contributed by atoms with van der Waals surface area (Å²) in [5, 5.41) is 0. The van der Waals surface area contributed by atoms with Crippen LogP contribution in [0.15, 0.2) is 0 Å². The highest BCUT2D eigenvalue weighted by atomic mass is 16.6. The minimum absolute atomic E-state index is 0.109. The Labute approximate surface area is 103 Å². The number of hydrogen-bond acceptors (Lipinski definition) is 3. The summed E-state index contributed by atoms with van der Waals surface area (Å²) in [6.07, 6.45) is 4.31. The maximum atomic E-state index is 12.2. The van der Waals surface area contributed by atoms with Crippen molar-refractivity contribution in [2.24, 2.45) is 11.7 Å². The number of nitrogens with zero attached hydrogens (tertiary/aromatic N) is 1. The number of carbonyl (C=O) groups is 1. The van der Waals surface area contributed by atoms with Gasteiger partial charge in [-0.2, -0.15) is 0 Å². The van der Waals surface area contributed by atoms with Crippen LogP contribution in [0.1, 0.15) is 46.5 Å². The van der Waals surface area contributed by atoms with Gasteiger partial charge < -0.3 is 15.4 Å². The van der Waals surface area contributed by atoms with Crippen molar-refractivity contribution < 1.29 is 9.53 Å². The lowest BCUT2D eigenvalue weighted by Gasteiger charge is -2.38. The van der Waals surface area contributed by atoms with Crippen molar-refractivity contribution >= 4 is 6.09 Å². The van der Waals surface area contributed by atoms with Crippen LogP contribution in [0.2, 0.25) is 0 Å². The van der Waals surface area contributed by atoms with Crippen molar-refractivity contribution in [3.8, 4) is 0 Å². The summed E-state index contributed by atoms with van der Waals surface area (Å²) < 4.78 is 5.49. The molecule has 1 saturated heterocycles. The van der Waals surface area contributed by atoms with Gasteiger partial charge in [-0.25, -0.2) is 4.79 Å². The smallest absolute Gasteiger partial charge is 0.410 e. The van der Waals surface area contributed by atoms with Crippen LogP contribution in [0, 0.1) is 5.92 Å². The van der Waals surface area contributed by atoms with E-state index in [1.165, 1.54) is 12.8 Å². The minimum atomic E-state index is -0.427. The van der Waals surface area contributed by atoms with Crippen LogP contribution < -0.4 is 5.73 Å². The molecule has 2 atom stereocenters. The molecule has 17 heavy (non-hydrogen) atoms. The van der Waals surface area contributed by atoms with Gasteiger partial charge in [-0.15, -0.1) is 0 Å². The van der Waals surface area contributed by atoms with Crippen molar-refractivity contribution in [3.63, 3.8) is 0 Å². The quantitative estimate of drug-likeness (QED) is 0.764. The van der Waals surface area contributed by atoms with Crippen LogP contribution in [-0.4, -0.2) is 35.2 Å². The summed E-state index contributed by atoms with van der Waals surface area (Å²) in [4.78, 5) is 14.1. The average Bonchev–Trinajstić information content (AvgIpc) is 2.70. The van der Waals surface area contributed by atoms with E-state index in [-0.39, 0.29) is 11.6 Å². The summed E-state index contributed by atoms with van der Waals surface area (Å²) >= 11 is 0. The lowest BCUT2D eigenvalue weighted by Crippen LogP contribution is -2.54. The topological polar surface area (TPSA) is 55.6 Å². The molecule has 0 bridgehead atoms. The van der Waals surface area contributed by atoms with Gasteiger partial charge in [-0.05, 0) is 46.0 Å². The fourth-order valence-electron chi connectivity index (χ4n) is 3.37. The molecule has 2 unspecified atom stereocenters. The maximum absolute atomic E-state index is 12.2. The zero-order valence-corrected chi connectivity index (χ0v) is 11.2. The molecule has 0 aromatic carbocycles. The largest absolute Gasteiger partial charge is 0.444 e. The van der Waals surface area contributed by atoms with E-state index in [1.807, 2.05) is 25.7 Å². The van der Waals surface area contributed by atoms with Crippen molar-refractivity contribution in [3.05, 3.63) is 0 Å². The SMILES string of the molecule is CC(C)(C)OC(=O)N1CCC2CCCC21CN. The number of amides is 1. The molecule has 1 aliphatic heterocycles. The molecule has 4 heteroatoms. The minimum Gasteiger partial charge on any atom is -0.444 e. The summed E-state index contributed by atoms with van der Waals surface area (Å²) in [6.45, 7) is 7.08. The molecule has 4 nitrogen and oxygen atoms in total. The molecule has 0 aromatic heterocycles. The zero-order chi connectivity index (χ0) is 12.7. The van der Waals surface area contributed by atoms with Crippen LogP contribution in [0.5, 0.6) is 0 Å². The molecule has 0 aromatic rings. The predicted octanol–water partition coefficient (Wildman–Crippen LogP) is 2.12. The van der Waals surface area contributed by atoms with Crippen molar-refractivity contribution in [2.75, 3.05) is 13.1 Å². The molecule has 2 aliphatic rings. The Balaban J connectivity index is 2.13. The molecule has 2 fully saturated rings. The first kappa shape index (κ1) is 12.7. The Hall–Kier alpha value is -0.770. The first-order chi connectivity index (χ1) is 7.89. The lowest BCUT2D eigenvalue weighted by atomic mass is 9.88.